The molecule has 1 unspecified atom stereocenters. The summed E-state index contributed by atoms with van der Waals surface area (Å²) in [5, 5.41) is 31.3. The zero-order valence-electron chi connectivity index (χ0n) is 8.01. The number of carbonyl (C=O) groups is 2. The van der Waals surface area contributed by atoms with E-state index in [2.05, 4.69) is 10.6 Å². The Morgan fingerprint density at radius 3 is 2.60 bits per heavy atom. The predicted molar refractivity (Wildman–Crippen MR) is 49.1 cm³/mol. The van der Waals surface area contributed by atoms with Crippen molar-refractivity contribution < 1.29 is 24.9 Å². The van der Waals surface area contributed by atoms with Gasteiger partial charge in [-0.25, -0.2) is 4.79 Å². The molecule has 0 bridgehead atoms. The molecule has 1 heterocycles. The Labute approximate surface area is 86.1 Å². The van der Waals surface area contributed by atoms with E-state index in [0.717, 1.165) is 0 Å². The van der Waals surface area contributed by atoms with E-state index in [0.29, 0.717) is 6.54 Å². The lowest BCUT2D eigenvalue weighted by Gasteiger charge is -2.15. The number of aliphatic carboxylic acids is 1. The number of amides is 1. The minimum absolute atomic E-state index is 0.254. The van der Waals surface area contributed by atoms with Crippen molar-refractivity contribution in [1.82, 2.24) is 10.6 Å². The predicted octanol–water partition coefficient (Wildman–Crippen LogP) is -2.73. The lowest BCUT2D eigenvalue weighted by Crippen LogP contribution is -2.49. The van der Waals surface area contributed by atoms with Crippen LogP contribution in [0.15, 0.2) is 0 Å². The number of carbonyl (C=O) groups excluding carboxylic acids is 1. The SMILES string of the molecule is O=C(N[C@H](CO)C(=O)O)C1C[C@@H](O)CN1. The smallest absolute Gasteiger partial charge is 0.328 e. The highest BCUT2D eigenvalue weighted by Crippen LogP contribution is 2.06. The molecule has 0 radical (unpaired) electrons. The van der Waals surface area contributed by atoms with Gasteiger partial charge < -0.3 is 26.0 Å². The molecule has 5 N–H and O–H groups in total. The van der Waals surface area contributed by atoms with E-state index >= 15 is 0 Å². The first-order valence-electron chi connectivity index (χ1n) is 4.60. The highest BCUT2D eigenvalue weighted by molar-refractivity contribution is 5.87. The average Bonchev–Trinajstić information content (AvgIpc) is 2.60. The minimum atomic E-state index is -1.29. The van der Waals surface area contributed by atoms with E-state index in [1.807, 2.05) is 0 Å². The number of hydrogen-bond donors (Lipinski definition) is 5. The van der Waals surface area contributed by atoms with E-state index in [1.165, 1.54) is 0 Å². The van der Waals surface area contributed by atoms with Crippen molar-refractivity contribution >= 4 is 11.9 Å². The Hall–Kier alpha value is -1.18. The molecule has 0 aromatic rings. The van der Waals surface area contributed by atoms with Crippen molar-refractivity contribution in [1.29, 1.82) is 0 Å². The number of carboxylic acids is 1. The van der Waals surface area contributed by atoms with Crippen LogP contribution in [-0.2, 0) is 9.59 Å². The van der Waals surface area contributed by atoms with Crippen molar-refractivity contribution in [2.45, 2.75) is 24.6 Å². The first-order chi connectivity index (χ1) is 7.04. The van der Waals surface area contributed by atoms with Gasteiger partial charge in [0, 0.05) is 6.54 Å². The molecule has 1 amide bonds. The first kappa shape index (κ1) is 11.9. The Morgan fingerprint density at radius 1 is 1.53 bits per heavy atom. The van der Waals surface area contributed by atoms with Crippen molar-refractivity contribution in [3.63, 3.8) is 0 Å². The van der Waals surface area contributed by atoms with Crippen LogP contribution < -0.4 is 10.6 Å². The van der Waals surface area contributed by atoms with Crippen LogP contribution in [0, 0.1) is 0 Å². The summed E-state index contributed by atoms with van der Waals surface area (Å²) in [6.07, 6.45) is -0.331. The van der Waals surface area contributed by atoms with Gasteiger partial charge in [-0.05, 0) is 6.42 Å². The summed E-state index contributed by atoms with van der Waals surface area (Å²) in [5.74, 6) is -1.81. The van der Waals surface area contributed by atoms with E-state index in [4.69, 9.17) is 15.3 Å². The third-order valence-electron chi connectivity index (χ3n) is 2.22. The van der Waals surface area contributed by atoms with Gasteiger partial charge in [-0.15, -0.1) is 0 Å². The van der Waals surface area contributed by atoms with Crippen LogP contribution in [0.5, 0.6) is 0 Å². The van der Waals surface area contributed by atoms with Crippen LogP contribution in [0.1, 0.15) is 6.42 Å². The normalized spacial score (nSPS) is 27.3. The third kappa shape index (κ3) is 3.15. The lowest BCUT2D eigenvalue weighted by atomic mass is 10.2. The van der Waals surface area contributed by atoms with Crippen LogP contribution in [0.4, 0.5) is 0 Å². The Bertz CT molecular complexity index is 257. The van der Waals surface area contributed by atoms with Gasteiger partial charge in [0.15, 0.2) is 0 Å². The summed E-state index contributed by atoms with van der Waals surface area (Å²) >= 11 is 0. The van der Waals surface area contributed by atoms with Gasteiger partial charge in [-0.1, -0.05) is 0 Å². The molecule has 7 heteroatoms. The average molecular weight is 218 g/mol. The molecule has 0 saturated carbocycles. The molecular formula is C8H14N2O5. The summed E-state index contributed by atoms with van der Waals surface area (Å²) in [4.78, 5) is 21.9. The molecule has 7 nitrogen and oxygen atoms in total. The molecule has 1 fully saturated rings. The number of aliphatic hydroxyl groups excluding tert-OH is 2. The summed E-state index contributed by atoms with van der Waals surface area (Å²) in [5.41, 5.74) is 0. The third-order valence-corrected chi connectivity index (χ3v) is 2.22. The second-order valence-corrected chi connectivity index (χ2v) is 3.43. The number of β-amino-alcohol motifs (C(OH)–C–C–N with tert-alkyl or cyclic N) is 1. The molecule has 3 atom stereocenters. The van der Waals surface area contributed by atoms with E-state index in [9.17, 15) is 9.59 Å². The minimum Gasteiger partial charge on any atom is -0.480 e. The van der Waals surface area contributed by atoms with E-state index in [1.54, 1.807) is 0 Å². The molecule has 15 heavy (non-hydrogen) atoms. The Morgan fingerprint density at radius 2 is 2.20 bits per heavy atom. The van der Waals surface area contributed by atoms with Gasteiger partial charge in [-0.2, -0.15) is 0 Å². The van der Waals surface area contributed by atoms with E-state index in [-0.39, 0.29) is 6.42 Å². The van der Waals surface area contributed by atoms with Crippen LogP contribution in [-0.4, -0.2) is 58.5 Å². The molecule has 1 saturated heterocycles. The first-order valence-corrected chi connectivity index (χ1v) is 4.60. The van der Waals surface area contributed by atoms with Crippen molar-refractivity contribution in [2.24, 2.45) is 0 Å². The molecule has 86 valence electrons. The van der Waals surface area contributed by atoms with Gasteiger partial charge in [0.25, 0.3) is 0 Å². The van der Waals surface area contributed by atoms with Gasteiger partial charge >= 0.3 is 5.97 Å². The van der Waals surface area contributed by atoms with Crippen LogP contribution >= 0.6 is 0 Å². The van der Waals surface area contributed by atoms with Gasteiger partial charge in [0.1, 0.15) is 6.04 Å². The second-order valence-electron chi connectivity index (χ2n) is 3.43. The van der Waals surface area contributed by atoms with E-state index < -0.39 is 36.7 Å². The van der Waals surface area contributed by atoms with Crippen LogP contribution in [0.3, 0.4) is 0 Å². The Kier molecular flexibility index (Phi) is 4.01. The quantitative estimate of drug-likeness (QED) is 0.349. The topological polar surface area (TPSA) is 119 Å². The van der Waals surface area contributed by atoms with Crippen molar-refractivity contribution in [3.05, 3.63) is 0 Å². The monoisotopic (exact) mass is 218 g/mol. The highest BCUT2D eigenvalue weighted by Gasteiger charge is 2.30. The number of carboxylic acid groups (broad SMARTS) is 1. The fourth-order valence-corrected chi connectivity index (χ4v) is 1.37. The van der Waals surface area contributed by atoms with Gasteiger partial charge in [0.2, 0.25) is 5.91 Å². The van der Waals surface area contributed by atoms with Gasteiger partial charge in [0.05, 0.1) is 18.8 Å². The molecule has 1 rings (SSSR count). The summed E-state index contributed by atoms with van der Waals surface area (Å²) in [7, 11) is 0. The number of hydrogen-bond acceptors (Lipinski definition) is 5. The fourth-order valence-electron chi connectivity index (χ4n) is 1.37. The summed E-state index contributed by atoms with van der Waals surface area (Å²) in [6, 6.07) is -1.88. The maximum absolute atomic E-state index is 11.4. The van der Waals surface area contributed by atoms with Crippen molar-refractivity contribution in [3.8, 4) is 0 Å². The second kappa shape index (κ2) is 5.06. The number of rotatable bonds is 4. The maximum atomic E-state index is 11.4. The summed E-state index contributed by atoms with van der Waals surface area (Å²) < 4.78 is 0. The zero-order chi connectivity index (χ0) is 11.4. The number of aliphatic hydroxyl groups is 2. The molecule has 0 aromatic carbocycles. The standard InChI is InChI=1S/C8H14N2O5/c11-3-6(8(14)15)10-7(13)5-1-4(12)2-9-5/h4-6,9,11-12H,1-3H2,(H,10,13)(H,14,15)/t4-,5?,6-/m1/s1. The van der Waals surface area contributed by atoms with Crippen molar-refractivity contribution in [2.75, 3.05) is 13.2 Å². The van der Waals surface area contributed by atoms with Gasteiger partial charge in [-0.3, -0.25) is 4.79 Å². The molecule has 0 aliphatic carbocycles. The highest BCUT2D eigenvalue weighted by atomic mass is 16.4. The van der Waals surface area contributed by atoms with Crippen LogP contribution in [0.25, 0.3) is 0 Å². The largest absolute Gasteiger partial charge is 0.480 e. The molecule has 1 aliphatic rings. The fraction of sp³-hybridized carbons (Fsp3) is 0.750. The maximum Gasteiger partial charge on any atom is 0.328 e. The van der Waals surface area contributed by atoms with Crippen LogP contribution in [0.2, 0.25) is 0 Å². The summed E-state index contributed by atoms with van der Waals surface area (Å²) in [6.45, 7) is -0.342. The number of nitrogens with one attached hydrogen (secondary N) is 2. The molecular weight excluding hydrogens is 204 g/mol. The molecule has 0 aromatic heterocycles. The molecule has 1 aliphatic heterocycles. The lowest BCUT2D eigenvalue weighted by molar-refractivity contribution is -0.143. The zero-order valence-corrected chi connectivity index (χ0v) is 8.01. The molecule has 0 spiro atoms. The Balaban J connectivity index is 2.44.